The second kappa shape index (κ2) is 8.06. The molecule has 1 amide bonds. The number of nitrogens with zero attached hydrogens (tertiary/aromatic N) is 4. The van der Waals surface area contributed by atoms with E-state index in [4.69, 9.17) is 0 Å². The van der Waals surface area contributed by atoms with E-state index < -0.39 is 0 Å². The van der Waals surface area contributed by atoms with E-state index in [9.17, 15) is 4.79 Å². The Morgan fingerprint density at radius 3 is 2.33 bits per heavy atom. The van der Waals surface area contributed by atoms with Crippen LogP contribution in [0.1, 0.15) is 51.0 Å². The Morgan fingerprint density at radius 1 is 1.21 bits per heavy atom. The Hall–Kier alpha value is -2.21. The first kappa shape index (κ1) is 18.1. The van der Waals surface area contributed by atoms with Gasteiger partial charge in [0.05, 0.1) is 0 Å². The number of amides is 1. The second-order valence-electron chi connectivity index (χ2n) is 6.10. The summed E-state index contributed by atoms with van der Waals surface area (Å²) in [5.41, 5.74) is 0.977. The highest BCUT2D eigenvalue weighted by Crippen LogP contribution is 2.22. The lowest BCUT2D eigenvalue weighted by Crippen LogP contribution is -2.37. The van der Waals surface area contributed by atoms with Crippen molar-refractivity contribution >= 4 is 11.9 Å². The van der Waals surface area contributed by atoms with E-state index in [0.29, 0.717) is 5.95 Å². The lowest BCUT2D eigenvalue weighted by molar-refractivity contribution is -0.121. The number of anilines is 1. The van der Waals surface area contributed by atoms with Crippen LogP contribution in [-0.2, 0) is 11.8 Å². The lowest BCUT2D eigenvalue weighted by atomic mass is 10.0. The van der Waals surface area contributed by atoms with Crippen LogP contribution in [0, 0.1) is 0 Å². The number of aryl methyl sites for hydroxylation is 1. The molecular formula is C18H27N5O. The molecule has 0 fully saturated rings. The van der Waals surface area contributed by atoms with Gasteiger partial charge in [-0.25, -0.2) is 4.68 Å². The number of rotatable bonds is 7. The molecule has 1 N–H and O–H groups in total. The molecule has 2 aromatic rings. The van der Waals surface area contributed by atoms with Gasteiger partial charge in [0.25, 0.3) is 0 Å². The van der Waals surface area contributed by atoms with Gasteiger partial charge in [0.2, 0.25) is 11.9 Å². The molecule has 2 rings (SSSR count). The number of benzene rings is 1. The molecule has 1 aromatic carbocycles. The summed E-state index contributed by atoms with van der Waals surface area (Å²) < 4.78 is 1.62. The molecule has 0 spiro atoms. The molecular weight excluding hydrogens is 302 g/mol. The van der Waals surface area contributed by atoms with Gasteiger partial charge >= 0.3 is 0 Å². The third-order valence-corrected chi connectivity index (χ3v) is 4.07. The van der Waals surface area contributed by atoms with Gasteiger partial charge in [-0.1, -0.05) is 58.0 Å². The Labute approximate surface area is 143 Å². The normalized spacial score (nSPS) is 12.6. The summed E-state index contributed by atoms with van der Waals surface area (Å²) >= 11 is 0. The van der Waals surface area contributed by atoms with Crippen molar-refractivity contribution in [2.24, 2.45) is 7.05 Å². The molecule has 6 heteroatoms. The smallest absolute Gasteiger partial charge is 0.248 e. The standard InChI is InChI=1S/C18H27N5O/c1-6-23(7-2)15(14-11-9-8-10-12-14)17(24)20-18-19-16(13(3)4)21-22(18)5/h8-13,15H,6-7H2,1-5H3,(H,19,20,21,24). The van der Waals surface area contributed by atoms with Gasteiger partial charge in [0.15, 0.2) is 5.82 Å². The van der Waals surface area contributed by atoms with Gasteiger partial charge < -0.3 is 0 Å². The predicted octanol–water partition coefficient (Wildman–Crippen LogP) is 2.96. The van der Waals surface area contributed by atoms with E-state index in [1.54, 1.807) is 11.7 Å². The zero-order valence-electron chi connectivity index (χ0n) is 15.2. The second-order valence-corrected chi connectivity index (χ2v) is 6.10. The van der Waals surface area contributed by atoms with Crippen LogP contribution in [0.5, 0.6) is 0 Å². The van der Waals surface area contributed by atoms with Gasteiger partial charge in [0.1, 0.15) is 6.04 Å². The molecule has 130 valence electrons. The summed E-state index contributed by atoms with van der Waals surface area (Å²) in [7, 11) is 1.80. The number of hydrogen-bond donors (Lipinski definition) is 1. The summed E-state index contributed by atoms with van der Waals surface area (Å²) in [6.45, 7) is 9.77. The highest BCUT2D eigenvalue weighted by molar-refractivity contribution is 5.94. The van der Waals surface area contributed by atoms with Crippen molar-refractivity contribution in [3.63, 3.8) is 0 Å². The fraction of sp³-hybridized carbons (Fsp3) is 0.500. The van der Waals surface area contributed by atoms with E-state index >= 15 is 0 Å². The number of hydrogen-bond acceptors (Lipinski definition) is 4. The Balaban J connectivity index is 2.28. The van der Waals surface area contributed by atoms with Crippen LogP contribution in [0.4, 0.5) is 5.95 Å². The van der Waals surface area contributed by atoms with Crippen LogP contribution in [-0.4, -0.2) is 38.7 Å². The molecule has 1 aromatic heterocycles. The molecule has 0 saturated carbocycles. The largest absolute Gasteiger partial charge is 0.293 e. The minimum absolute atomic E-state index is 0.0873. The van der Waals surface area contributed by atoms with E-state index in [1.807, 2.05) is 44.2 Å². The summed E-state index contributed by atoms with van der Waals surface area (Å²) in [4.78, 5) is 19.5. The summed E-state index contributed by atoms with van der Waals surface area (Å²) in [6, 6.07) is 9.49. The van der Waals surface area contributed by atoms with Gasteiger partial charge in [-0.3, -0.25) is 15.0 Å². The van der Waals surface area contributed by atoms with Crippen LogP contribution in [0.25, 0.3) is 0 Å². The maximum atomic E-state index is 13.0. The minimum atomic E-state index is -0.347. The molecule has 1 heterocycles. The van der Waals surface area contributed by atoms with Crippen molar-refractivity contribution in [1.29, 1.82) is 0 Å². The van der Waals surface area contributed by atoms with Crippen molar-refractivity contribution in [2.75, 3.05) is 18.4 Å². The van der Waals surface area contributed by atoms with E-state index in [0.717, 1.165) is 24.5 Å². The maximum Gasteiger partial charge on any atom is 0.248 e. The number of aromatic nitrogens is 3. The molecule has 0 saturated heterocycles. The van der Waals surface area contributed by atoms with E-state index in [1.165, 1.54) is 0 Å². The van der Waals surface area contributed by atoms with Crippen molar-refractivity contribution in [3.05, 3.63) is 41.7 Å². The quantitative estimate of drug-likeness (QED) is 0.848. The number of likely N-dealkylation sites (N-methyl/N-ethyl adjacent to an activating group) is 1. The molecule has 0 radical (unpaired) electrons. The fourth-order valence-electron chi connectivity index (χ4n) is 2.69. The van der Waals surface area contributed by atoms with Crippen molar-refractivity contribution in [3.8, 4) is 0 Å². The predicted molar refractivity (Wildman–Crippen MR) is 95.8 cm³/mol. The number of carbonyl (C=O) groups is 1. The van der Waals surface area contributed by atoms with E-state index in [2.05, 4.69) is 34.1 Å². The van der Waals surface area contributed by atoms with Crippen molar-refractivity contribution in [1.82, 2.24) is 19.7 Å². The fourth-order valence-corrected chi connectivity index (χ4v) is 2.69. The van der Waals surface area contributed by atoms with Crippen molar-refractivity contribution < 1.29 is 4.79 Å². The van der Waals surface area contributed by atoms with Crippen LogP contribution in [0.15, 0.2) is 30.3 Å². The number of nitrogens with one attached hydrogen (secondary N) is 1. The SMILES string of the molecule is CCN(CC)C(C(=O)Nc1nc(C(C)C)nn1C)c1ccccc1. The average molecular weight is 329 g/mol. The van der Waals surface area contributed by atoms with Crippen LogP contribution in [0.3, 0.4) is 0 Å². The molecule has 0 aliphatic heterocycles. The zero-order valence-corrected chi connectivity index (χ0v) is 15.2. The van der Waals surface area contributed by atoms with Crippen molar-refractivity contribution in [2.45, 2.75) is 39.7 Å². The molecule has 0 aliphatic rings. The third kappa shape index (κ3) is 4.00. The maximum absolute atomic E-state index is 13.0. The minimum Gasteiger partial charge on any atom is -0.293 e. The summed E-state index contributed by atoms with van der Waals surface area (Å²) in [6.07, 6.45) is 0. The Kier molecular flexibility index (Phi) is 6.09. The highest BCUT2D eigenvalue weighted by Gasteiger charge is 2.27. The molecule has 24 heavy (non-hydrogen) atoms. The molecule has 1 unspecified atom stereocenters. The Bertz CT molecular complexity index is 661. The molecule has 0 bridgehead atoms. The average Bonchev–Trinajstić information content (AvgIpc) is 2.94. The first-order valence-electron chi connectivity index (χ1n) is 8.48. The van der Waals surface area contributed by atoms with Crippen LogP contribution in [0.2, 0.25) is 0 Å². The van der Waals surface area contributed by atoms with Gasteiger partial charge in [-0.15, -0.1) is 0 Å². The van der Waals surface area contributed by atoms with Crippen LogP contribution < -0.4 is 5.32 Å². The highest BCUT2D eigenvalue weighted by atomic mass is 16.2. The summed E-state index contributed by atoms with van der Waals surface area (Å²) in [5.74, 6) is 1.34. The molecule has 1 atom stereocenters. The zero-order chi connectivity index (χ0) is 17.7. The van der Waals surface area contributed by atoms with Gasteiger partial charge in [-0.05, 0) is 18.7 Å². The molecule has 0 aliphatic carbocycles. The van der Waals surface area contributed by atoms with Crippen LogP contribution >= 0.6 is 0 Å². The monoisotopic (exact) mass is 329 g/mol. The van der Waals surface area contributed by atoms with E-state index in [-0.39, 0.29) is 17.9 Å². The lowest BCUT2D eigenvalue weighted by Gasteiger charge is -2.28. The summed E-state index contributed by atoms with van der Waals surface area (Å²) in [5, 5.41) is 7.30. The topological polar surface area (TPSA) is 63.1 Å². The van der Waals surface area contributed by atoms with Gasteiger partial charge in [0, 0.05) is 13.0 Å². The Morgan fingerprint density at radius 2 is 1.83 bits per heavy atom. The third-order valence-electron chi connectivity index (χ3n) is 4.07. The first-order chi connectivity index (χ1) is 11.5. The van der Waals surface area contributed by atoms with Gasteiger partial charge in [-0.2, -0.15) is 10.1 Å². The number of carbonyl (C=O) groups excluding carboxylic acids is 1. The molecule has 6 nitrogen and oxygen atoms in total. The first-order valence-corrected chi connectivity index (χ1v) is 8.48.